The maximum absolute atomic E-state index is 12.9. The Balaban J connectivity index is 1.78. The number of methoxy groups -OCH3 is 2. The molecule has 0 saturated carbocycles. The van der Waals surface area contributed by atoms with E-state index in [1.807, 2.05) is 0 Å². The zero-order valence-electron chi connectivity index (χ0n) is 18.5. The van der Waals surface area contributed by atoms with E-state index in [0.29, 0.717) is 22.9 Å². The number of carboxylic acid groups (broad SMARTS) is 1. The summed E-state index contributed by atoms with van der Waals surface area (Å²) in [4.78, 5) is 39.3. The van der Waals surface area contributed by atoms with Gasteiger partial charge in [-0.05, 0) is 34.2 Å². The summed E-state index contributed by atoms with van der Waals surface area (Å²) in [5.74, 6) is -0.290. The molecule has 0 aliphatic heterocycles. The molecule has 33 heavy (non-hydrogen) atoms. The topological polar surface area (TPSA) is 129 Å². The number of aromatic nitrogens is 2. The van der Waals surface area contributed by atoms with E-state index in [9.17, 15) is 19.5 Å². The number of amides is 1. The normalized spacial score (nSPS) is 10.5. The Kier molecular flexibility index (Phi) is 7.34. The van der Waals surface area contributed by atoms with Crippen molar-refractivity contribution in [3.63, 3.8) is 0 Å². The number of anilines is 1. The Labute approximate surface area is 189 Å². The molecule has 11 nitrogen and oxygen atoms in total. The molecule has 3 aromatic rings. The van der Waals surface area contributed by atoms with Crippen LogP contribution in [0.25, 0.3) is 5.69 Å². The van der Waals surface area contributed by atoms with Crippen molar-refractivity contribution in [2.75, 3.05) is 39.3 Å². The summed E-state index contributed by atoms with van der Waals surface area (Å²) >= 11 is 0. The number of ether oxygens (including phenoxy) is 2. The van der Waals surface area contributed by atoms with Gasteiger partial charge in [-0.15, -0.1) is 0 Å². The number of likely N-dealkylation sites (N-methyl/N-ethyl adjacent to an activating group) is 1. The Bertz CT molecular complexity index is 1170. The van der Waals surface area contributed by atoms with E-state index in [4.69, 9.17) is 14.0 Å². The van der Waals surface area contributed by atoms with E-state index in [2.05, 4.69) is 5.27 Å². The fourth-order valence-electron chi connectivity index (χ4n) is 3.17. The van der Waals surface area contributed by atoms with Gasteiger partial charge < -0.3 is 24.4 Å². The molecule has 0 atom stereocenters. The first kappa shape index (κ1) is 23.4. The first-order valence-electron chi connectivity index (χ1n) is 9.94. The van der Waals surface area contributed by atoms with Crippen LogP contribution in [-0.2, 0) is 16.1 Å². The second kappa shape index (κ2) is 10.4. The number of benzene rings is 2. The van der Waals surface area contributed by atoms with Crippen LogP contribution < -0.4 is 24.7 Å². The van der Waals surface area contributed by atoms with Gasteiger partial charge in [0.05, 0.1) is 20.8 Å². The molecule has 1 heterocycles. The summed E-state index contributed by atoms with van der Waals surface area (Å²) in [6.07, 6.45) is 0. The molecule has 0 bridgehead atoms. The number of hydrogen-bond donors (Lipinski definition) is 2. The van der Waals surface area contributed by atoms with Gasteiger partial charge in [0, 0.05) is 30.9 Å². The largest absolute Gasteiger partial charge is 0.497 e. The third-order valence-corrected chi connectivity index (χ3v) is 4.95. The Morgan fingerprint density at radius 3 is 2.39 bits per heavy atom. The van der Waals surface area contributed by atoms with E-state index < -0.39 is 11.6 Å². The molecule has 0 aliphatic carbocycles. The summed E-state index contributed by atoms with van der Waals surface area (Å²) in [6.45, 7) is -0.658. The van der Waals surface area contributed by atoms with Crippen LogP contribution >= 0.6 is 0 Å². The molecule has 174 valence electrons. The van der Waals surface area contributed by atoms with Gasteiger partial charge in [-0.1, -0.05) is 6.07 Å². The highest BCUT2D eigenvalue weighted by atomic mass is 16.5. The molecule has 0 saturated heterocycles. The van der Waals surface area contributed by atoms with Crippen molar-refractivity contribution in [2.45, 2.75) is 6.54 Å². The molecule has 11 heteroatoms. The van der Waals surface area contributed by atoms with Crippen LogP contribution in [0, 0.1) is 0 Å². The number of hydrogen-bond acceptors (Lipinski definition) is 7. The van der Waals surface area contributed by atoms with Gasteiger partial charge in [-0.2, -0.15) is 0 Å². The Hall–Kier alpha value is -4.28. The molecular formula is C22H25N4O7+. The minimum atomic E-state index is -1.09. The van der Waals surface area contributed by atoms with Crippen molar-refractivity contribution >= 4 is 17.6 Å². The smallest absolute Gasteiger partial charge is 0.432 e. The number of nitrogens with one attached hydrogen (secondary N) is 1. The quantitative estimate of drug-likeness (QED) is 0.428. The van der Waals surface area contributed by atoms with Crippen LogP contribution in [0.2, 0.25) is 0 Å². The van der Waals surface area contributed by atoms with Gasteiger partial charge in [0.2, 0.25) is 11.6 Å². The summed E-state index contributed by atoms with van der Waals surface area (Å²) < 4.78 is 16.7. The molecule has 0 unspecified atom stereocenters. The lowest BCUT2D eigenvalue weighted by Gasteiger charge is -2.25. The van der Waals surface area contributed by atoms with Crippen LogP contribution in [0.5, 0.6) is 11.5 Å². The van der Waals surface area contributed by atoms with E-state index in [1.54, 1.807) is 55.6 Å². The molecule has 1 aromatic heterocycles. The molecule has 0 radical (unpaired) electrons. The third-order valence-electron chi connectivity index (χ3n) is 4.95. The van der Waals surface area contributed by atoms with Crippen molar-refractivity contribution in [1.82, 2.24) is 10.2 Å². The second-order valence-corrected chi connectivity index (χ2v) is 7.16. The number of aliphatic carboxylic acids is 1. The number of carbonyl (C=O) groups is 2. The number of carboxylic acids is 1. The average molecular weight is 457 g/mol. The number of carbonyl (C=O) groups excluding carboxylic acids is 1. The zero-order valence-corrected chi connectivity index (χ0v) is 18.5. The van der Waals surface area contributed by atoms with Gasteiger partial charge in [0.25, 0.3) is 0 Å². The minimum Gasteiger partial charge on any atom is -0.497 e. The summed E-state index contributed by atoms with van der Waals surface area (Å²) in [7, 11) is 4.57. The molecule has 3 rings (SSSR count). The second-order valence-electron chi connectivity index (χ2n) is 7.16. The van der Waals surface area contributed by atoms with Crippen LogP contribution in [0.15, 0.2) is 57.8 Å². The van der Waals surface area contributed by atoms with E-state index in [1.165, 1.54) is 28.6 Å². The van der Waals surface area contributed by atoms with Gasteiger partial charge in [0.15, 0.2) is 0 Å². The third kappa shape index (κ3) is 5.70. The first-order chi connectivity index (χ1) is 15.8. The van der Waals surface area contributed by atoms with Crippen molar-refractivity contribution < 1.29 is 33.4 Å². The van der Waals surface area contributed by atoms with Crippen LogP contribution in [-0.4, -0.2) is 61.5 Å². The van der Waals surface area contributed by atoms with Gasteiger partial charge in [0.1, 0.15) is 24.6 Å². The van der Waals surface area contributed by atoms with E-state index >= 15 is 0 Å². The summed E-state index contributed by atoms with van der Waals surface area (Å²) in [6, 6.07) is 13.7. The van der Waals surface area contributed by atoms with Crippen molar-refractivity contribution in [1.29, 1.82) is 0 Å². The van der Waals surface area contributed by atoms with Gasteiger partial charge in [-0.25, -0.2) is 4.79 Å². The maximum atomic E-state index is 12.9. The SMILES string of the molecule is COc1ccc(-[n+]2[nH]oc(=O)c2CN(C)C(=O)CN(CC(=O)O)c2cccc(OC)c2)cc1. The molecular weight excluding hydrogens is 432 g/mol. The molecule has 0 spiro atoms. The first-order valence-corrected chi connectivity index (χ1v) is 9.94. The molecule has 0 aliphatic rings. The number of rotatable bonds is 10. The lowest BCUT2D eigenvalue weighted by atomic mass is 10.2. The molecule has 0 fully saturated rings. The standard InChI is InChI=1S/C22H24N4O7/c1-24(12-19-22(30)33-23-26(19)15-7-9-17(31-2)10-8-15)20(27)13-25(14-21(28)29)16-5-4-6-18(11-16)32-3/h4-11H,12-14H2,1-3H3,(H-,23,28,29,30)/p+1. The average Bonchev–Trinajstić information content (AvgIpc) is 3.18. The highest BCUT2D eigenvalue weighted by molar-refractivity contribution is 5.84. The minimum absolute atomic E-state index is 0.0598. The fourth-order valence-corrected chi connectivity index (χ4v) is 3.17. The Morgan fingerprint density at radius 1 is 1.06 bits per heavy atom. The summed E-state index contributed by atoms with van der Waals surface area (Å²) in [5.41, 5.74) is 0.706. The van der Waals surface area contributed by atoms with Crippen LogP contribution in [0.3, 0.4) is 0 Å². The van der Waals surface area contributed by atoms with Crippen molar-refractivity contribution in [2.24, 2.45) is 0 Å². The molecule has 2 N–H and O–H groups in total. The van der Waals surface area contributed by atoms with Crippen molar-refractivity contribution in [3.05, 3.63) is 64.6 Å². The number of H-pyrrole nitrogens is 1. The van der Waals surface area contributed by atoms with Crippen LogP contribution in [0.4, 0.5) is 5.69 Å². The van der Waals surface area contributed by atoms with Gasteiger partial charge >= 0.3 is 17.3 Å². The number of aromatic amines is 1. The lowest BCUT2D eigenvalue weighted by molar-refractivity contribution is -0.678. The fraction of sp³-hybridized carbons (Fsp3) is 0.273. The highest BCUT2D eigenvalue weighted by Crippen LogP contribution is 2.21. The van der Waals surface area contributed by atoms with Gasteiger partial charge in [-0.3, -0.25) is 14.1 Å². The molecule has 2 aromatic carbocycles. The predicted molar refractivity (Wildman–Crippen MR) is 117 cm³/mol. The zero-order chi connectivity index (χ0) is 24.0. The predicted octanol–water partition coefficient (Wildman–Crippen LogP) is 0.811. The van der Waals surface area contributed by atoms with Crippen LogP contribution in [0.1, 0.15) is 5.69 Å². The van der Waals surface area contributed by atoms with E-state index in [-0.39, 0.29) is 31.2 Å². The maximum Gasteiger partial charge on any atom is 0.432 e. The molecule has 1 amide bonds. The monoisotopic (exact) mass is 457 g/mol. The highest BCUT2D eigenvalue weighted by Gasteiger charge is 2.27. The van der Waals surface area contributed by atoms with Crippen molar-refractivity contribution in [3.8, 4) is 17.2 Å². The summed E-state index contributed by atoms with van der Waals surface area (Å²) in [5, 5.41) is 11.8. The van der Waals surface area contributed by atoms with E-state index in [0.717, 1.165) is 0 Å². The lowest BCUT2D eigenvalue weighted by Crippen LogP contribution is -2.45. The number of nitrogens with zero attached hydrogens (tertiary/aromatic N) is 3. The Morgan fingerprint density at radius 2 is 1.76 bits per heavy atom.